The Morgan fingerprint density at radius 3 is 2.30 bits per heavy atom. The highest BCUT2D eigenvalue weighted by atomic mass is 16.5. The molecule has 122 valence electrons. The monoisotopic (exact) mass is 315 g/mol. The molecule has 0 spiro atoms. The normalized spacial score (nSPS) is 10.3. The van der Waals surface area contributed by atoms with Crippen LogP contribution in [0.4, 0.5) is 4.79 Å². The number of aliphatic hydroxyl groups is 1. The first kappa shape index (κ1) is 16.8. The summed E-state index contributed by atoms with van der Waals surface area (Å²) in [6.45, 7) is 1.10. The molecule has 23 heavy (non-hydrogen) atoms. The number of ether oxygens (including phenoxy) is 1. The topological polar surface area (TPSA) is 70.0 Å². The van der Waals surface area contributed by atoms with Gasteiger partial charge in [-0.3, -0.25) is 0 Å². The maximum absolute atomic E-state index is 11.2. The lowest BCUT2D eigenvalue weighted by molar-refractivity contribution is 0.137. The van der Waals surface area contributed by atoms with Gasteiger partial charge in [-0.05, 0) is 29.7 Å². The zero-order valence-electron chi connectivity index (χ0n) is 12.9. The number of benzene rings is 2. The third-order valence-electron chi connectivity index (χ3n) is 3.40. The summed E-state index contributed by atoms with van der Waals surface area (Å²) in [6.07, 6.45) is -0.548. The molecule has 0 aliphatic heterocycles. The zero-order valence-corrected chi connectivity index (χ0v) is 12.9. The van der Waals surface area contributed by atoms with E-state index < -0.39 is 6.09 Å². The predicted octanol–water partition coefficient (Wildman–Crippen LogP) is 3.13. The molecule has 0 bridgehead atoms. The average molecular weight is 315 g/mol. The number of carbonyl (C=O) groups is 1. The molecule has 2 N–H and O–H groups in total. The fourth-order valence-corrected chi connectivity index (χ4v) is 2.16. The molecule has 0 radical (unpaired) electrons. The SMILES string of the molecule is O=C(O)N(CCCO)Cc1ccc(OCc2ccccc2)cc1. The van der Waals surface area contributed by atoms with Gasteiger partial charge in [0, 0.05) is 19.7 Å². The second-order valence-electron chi connectivity index (χ2n) is 5.20. The van der Waals surface area contributed by atoms with E-state index in [-0.39, 0.29) is 6.61 Å². The average Bonchev–Trinajstić information content (AvgIpc) is 2.58. The number of nitrogens with zero attached hydrogens (tertiary/aromatic N) is 1. The van der Waals surface area contributed by atoms with Gasteiger partial charge in [-0.2, -0.15) is 0 Å². The molecule has 0 fully saturated rings. The lowest BCUT2D eigenvalue weighted by Crippen LogP contribution is -2.30. The second kappa shape index (κ2) is 8.80. The Hall–Kier alpha value is -2.53. The Labute approximate surface area is 135 Å². The molecule has 2 aromatic rings. The van der Waals surface area contributed by atoms with Crippen molar-refractivity contribution in [1.82, 2.24) is 4.90 Å². The molecule has 1 amide bonds. The molecule has 5 nitrogen and oxygen atoms in total. The van der Waals surface area contributed by atoms with Gasteiger partial charge < -0.3 is 19.8 Å². The van der Waals surface area contributed by atoms with E-state index in [1.165, 1.54) is 4.90 Å². The fraction of sp³-hybridized carbons (Fsp3) is 0.278. The molecule has 0 unspecified atom stereocenters. The van der Waals surface area contributed by atoms with Crippen molar-refractivity contribution in [3.05, 3.63) is 65.7 Å². The molecule has 2 aromatic carbocycles. The molecule has 5 heteroatoms. The van der Waals surface area contributed by atoms with E-state index in [9.17, 15) is 4.79 Å². The summed E-state index contributed by atoms with van der Waals surface area (Å²) in [5.74, 6) is 0.745. The van der Waals surface area contributed by atoms with Crippen LogP contribution in [0.5, 0.6) is 5.75 Å². The molecule has 0 heterocycles. The van der Waals surface area contributed by atoms with Crippen molar-refractivity contribution in [3.8, 4) is 5.75 Å². The number of hydrogen-bond donors (Lipinski definition) is 2. The number of rotatable bonds is 8. The van der Waals surface area contributed by atoms with Crippen molar-refractivity contribution in [2.75, 3.05) is 13.2 Å². The predicted molar refractivity (Wildman–Crippen MR) is 87.4 cm³/mol. The molecule has 0 atom stereocenters. The van der Waals surface area contributed by atoms with Crippen molar-refractivity contribution in [2.45, 2.75) is 19.6 Å². The van der Waals surface area contributed by atoms with Gasteiger partial charge >= 0.3 is 6.09 Å². The van der Waals surface area contributed by atoms with Crippen LogP contribution in [0.15, 0.2) is 54.6 Å². The molecule has 0 saturated carbocycles. The van der Waals surface area contributed by atoms with Gasteiger partial charge in [-0.25, -0.2) is 4.79 Å². The van der Waals surface area contributed by atoms with Crippen molar-refractivity contribution >= 4 is 6.09 Å². The molecular formula is C18H21NO4. The summed E-state index contributed by atoms with van der Waals surface area (Å²) in [7, 11) is 0. The first-order valence-electron chi connectivity index (χ1n) is 7.53. The van der Waals surface area contributed by atoms with Crippen molar-refractivity contribution in [2.24, 2.45) is 0 Å². The summed E-state index contributed by atoms with van der Waals surface area (Å²) < 4.78 is 5.70. The van der Waals surface area contributed by atoms with Gasteiger partial charge in [0.1, 0.15) is 12.4 Å². The van der Waals surface area contributed by atoms with Crippen LogP contribution in [0.1, 0.15) is 17.5 Å². The van der Waals surface area contributed by atoms with Crippen LogP contribution < -0.4 is 4.74 Å². The van der Waals surface area contributed by atoms with E-state index in [4.69, 9.17) is 14.9 Å². The van der Waals surface area contributed by atoms with Gasteiger partial charge in [0.15, 0.2) is 0 Å². The highest BCUT2D eigenvalue weighted by Gasteiger charge is 2.11. The largest absolute Gasteiger partial charge is 0.489 e. The van der Waals surface area contributed by atoms with Crippen LogP contribution in [-0.2, 0) is 13.2 Å². The van der Waals surface area contributed by atoms with Crippen LogP contribution in [0.2, 0.25) is 0 Å². The Bertz CT molecular complexity index is 598. The molecule has 0 saturated heterocycles. The lowest BCUT2D eigenvalue weighted by Gasteiger charge is -2.18. The Morgan fingerprint density at radius 2 is 1.70 bits per heavy atom. The van der Waals surface area contributed by atoms with Crippen LogP contribution >= 0.6 is 0 Å². The standard InChI is InChI=1S/C18H21NO4/c20-12-4-11-19(18(21)22)13-15-7-9-17(10-8-15)23-14-16-5-2-1-3-6-16/h1-3,5-10,20H,4,11-14H2,(H,21,22). The highest BCUT2D eigenvalue weighted by molar-refractivity contribution is 5.65. The van der Waals surface area contributed by atoms with Crippen molar-refractivity contribution in [1.29, 1.82) is 0 Å². The first-order valence-corrected chi connectivity index (χ1v) is 7.53. The van der Waals surface area contributed by atoms with Gasteiger partial charge in [0.25, 0.3) is 0 Å². The fourth-order valence-electron chi connectivity index (χ4n) is 2.16. The summed E-state index contributed by atoms with van der Waals surface area (Å²) in [5.41, 5.74) is 1.98. The van der Waals surface area contributed by atoms with Crippen LogP contribution in [0.25, 0.3) is 0 Å². The minimum absolute atomic E-state index is 0.0178. The lowest BCUT2D eigenvalue weighted by atomic mass is 10.2. The van der Waals surface area contributed by atoms with E-state index in [0.717, 1.165) is 16.9 Å². The van der Waals surface area contributed by atoms with E-state index in [1.54, 1.807) is 0 Å². The highest BCUT2D eigenvalue weighted by Crippen LogP contribution is 2.15. The van der Waals surface area contributed by atoms with E-state index in [1.807, 2.05) is 54.6 Å². The van der Waals surface area contributed by atoms with Crippen LogP contribution in [-0.4, -0.2) is 34.4 Å². The Balaban J connectivity index is 1.89. The van der Waals surface area contributed by atoms with Crippen molar-refractivity contribution < 1.29 is 19.7 Å². The molecule has 0 aliphatic rings. The maximum atomic E-state index is 11.2. The van der Waals surface area contributed by atoms with Gasteiger partial charge in [0.05, 0.1) is 0 Å². The maximum Gasteiger partial charge on any atom is 0.407 e. The molecule has 0 aromatic heterocycles. The summed E-state index contributed by atoms with van der Waals surface area (Å²) in [5, 5.41) is 18.0. The molecular weight excluding hydrogens is 294 g/mol. The Morgan fingerprint density at radius 1 is 1.00 bits per heavy atom. The number of amides is 1. The minimum atomic E-state index is -0.983. The summed E-state index contributed by atoms with van der Waals surface area (Å²) in [4.78, 5) is 12.4. The van der Waals surface area contributed by atoms with Gasteiger partial charge in [0.2, 0.25) is 0 Å². The van der Waals surface area contributed by atoms with Gasteiger partial charge in [-0.1, -0.05) is 42.5 Å². The third kappa shape index (κ3) is 5.64. The van der Waals surface area contributed by atoms with Crippen molar-refractivity contribution in [3.63, 3.8) is 0 Å². The summed E-state index contributed by atoms with van der Waals surface area (Å²) in [6, 6.07) is 17.3. The number of aliphatic hydroxyl groups excluding tert-OH is 1. The third-order valence-corrected chi connectivity index (χ3v) is 3.40. The van der Waals surface area contributed by atoms with E-state index in [2.05, 4.69) is 0 Å². The van der Waals surface area contributed by atoms with Gasteiger partial charge in [-0.15, -0.1) is 0 Å². The zero-order chi connectivity index (χ0) is 16.5. The number of hydrogen-bond acceptors (Lipinski definition) is 3. The first-order chi connectivity index (χ1) is 11.2. The molecule has 2 rings (SSSR count). The van der Waals surface area contributed by atoms with Crippen LogP contribution in [0, 0.1) is 0 Å². The second-order valence-corrected chi connectivity index (χ2v) is 5.20. The number of carboxylic acid groups (broad SMARTS) is 1. The minimum Gasteiger partial charge on any atom is -0.489 e. The Kier molecular flexibility index (Phi) is 6.44. The van der Waals surface area contributed by atoms with E-state index in [0.29, 0.717) is 26.1 Å². The van der Waals surface area contributed by atoms with Crippen LogP contribution in [0.3, 0.4) is 0 Å². The smallest absolute Gasteiger partial charge is 0.407 e. The summed E-state index contributed by atoms with van der Waals surface area (Å²) >= 11 is 0. The van der Waals surface area contributed by atoms with E-state index >= 15 is 0 Å². The quantitative estimate of drug-likeness (QED) is 0.785. The molecule has 0 aliphatic carbocycles.